The van der Waals surface area contributed by atoms with Crippen LogP contribution in [-0.4, -0.2) is 51.3 Å². The molecule has 0 heterocycles. The molecular formula is C27H35NO5Si. The Balaban J connectivity index is 1.36. The first-order chi connectivity index (χ1) is 16.2. The minimum Gasteiger partial charge on any atom is -0.520 e. The van der Waals surface area contributed by atoms with Crippen molar-refractivity contribution in [2.75, 3.05) is 20.2 Å². The maximum atomic E-state index is 12.3. The molecule has 0 atom stereocenters. The van der Waals surface area contributed by atoms with Gasteiger partial charge < -0.3 is 14.1 Å². The van der Waals surface area contributed by atoms with Gasteiger partial charge in [-0.15, -0.1) is 0 Å². The summed E-state index contributed by atoms with van der Waals surface area (Å²) in [6.45, 7) is 6.53. The lowest BCUT2D eigenvalue weighted by atomic mass is 9.98. The van der Waals surface area contributed by atoms with Crippen LogP contribution >= 0.6 is 0 Å². The summed E-state index contributed by atoms with van der Waals surface area (Å²) in [4.78, 5) is 38.0. The lowest BCUT2D eigenvalue weighted by Crippen LogP contribution is -2.33. The molecule has 2 aromatic rings. The molecule has 0 bridgehead atoms. The molecule has 1 aliphatic rings. The van der Waals surface area contributed by atoms with E-state index in [1.807, 2.05) is 43.9 Å². The van der Waals surface area contributed by atoms with Crippen LogP contribution in [0, 0.1) is 0 Å². The van der Waals surface area contributed by atoms with Crippen molar-refractivity contribution in [1.29, 1.82) is 0 Å². The Kier molecular flexibility index (Phi) is 8.66. The van der Waals surface area contributed by atoms with E-state index < -0.39 is 8.32 Å². The Morgan fingerprint density at radius 1 is 0.824 bits per heavy atom. The molecule has 0 unspecified atom stereocenters. The number of fused-ring (bicyclic) bond motifs is 3. The number of carbonyl (C=O) groups is 3. The van der Waals surface area contributed by atoms with E-state index in [9.17, 15) is 14.4 Å². The van der Waals surface area contributed by atoms with Gasteiger partial charge in [0.1, 0.15) is 6.61 Å². The Bertz CT molecular complexity index is 984. The first kappa shape index (κ1) is 25.7. The zero-order chi connectivity index (χ0) is 24.7. The van der Waals surface area contributed by atoms with Crippen molar-refractivity contribution in [2.24, 2.45) is 0 Å². The van der Waals surface area contributed by atoms with Gasteiger partial charge in [0.25, 0.3) is 5.97 Å². The van der Waals surface area contributed by atoms with Crippen molar-refractivity contribution in [3.63, 3.8) is 0 Å². The highest BCUT2D eigenvalue weighted by Crippen LogP contribution is 2.44. The average Bonchev–Trinajstić information content (AvgIpc) is 3.11. The van der Waals surface area contributed by atoms with E-state index in [0.29, 0.717) is 32.4 Å². The molecule has 7 heteroatoms. The molecule has 1 aliphatic carbocycles. The highest BCUT2D eigenvalue weighted by Gasteiger charge is 2.29. The number of carbonyl (C=O) groups excluding carboxylic acids is 3. The second-order valence-corrected chi connectivity index (χ2v) is 14.2. The number of benzene rings is 2. The highest BCUT2D eigenvalue weighted by atomic mass is 28.4. The number of amides is 1. The van der Waals surface area contributed by atoms with E-state index in [4.69, 9.17) is 9.16 Å². The fraction of sp³-hybridized carbons (Fsp3) is 0.444. The van der Waals surface area contributed by atoms with Gasteiger partial charge in [0, 0.05) is 32.4 Å². The summed E-state index contributed by atoms with van der Waals surface area (Å²) in [6.07, 6.45) is 2.03. The molecule has 0 N–H and O–H groups in total. The molecule has 1 amide bonds. The molecule has 182 valence electrons. The largest absolute Gasteiger partial charge is 0.520 e. The fourth-order valence-corrected chi connectivity index (χ4v) is 4.99. The topological polar surface area (TPSA) is 72.9 Å². The van der Waals surface area contributed by atoms with E-state index >= 15 is 0 Å². The summed E-state index contributed by atoms with van der Waals surface area (Å²) >= 11 is 0. The van der Waals surface area contributed by atoms with Crippen LogP contribution in [-0.2, 0) is 23.5 Å². The van der Waals surface area contributed by atoms with Crippen LogP contribution in [0.25, 0.3) is 11.1 Å². The van der Waals surface area contributed by atoms with Crippen LogP contribution in [0.3, 0.4) is 0 Å². The van der Waals surface area contributed by atoms with Gasteiger partial charge in [-0.1, -0.05) is 48.5 Å². The third-order valence-electron chi connectivity index (χ3n) is 5.89. The molecule has 34 heavy (non-hydrogen) atoms. The monoisotopic (exact) mass is 481 g/mol. The quantitative estimate of drug-likeness (QED) is 0.253. The average molecular weight is 482 g/mol. The first-order valence-corrected chi connectivity index (χ1v) is 15.4. The zero-order valence-electron chi connectivity index (χ0n) is 20.6. The van der Waals surface area contributed by atoms with Crippen LogP contribution in [0.15, 0.2) is 48.5 Å². The number of nitrogens with zero attached hydrogens (tertiary/aromatic N) is 1. The van der Waals surface area contributed by atoms with E-state index in [1.54, 1.807) is 11.9 Å². The van der Waals surface area contributed by atoms with E-state index in [0.717, 1.165) is 0 Å². The van der Waals surface area contributed by atoms with Crippen LogP contribution < -0.4 is 0 Å². The molecule has 0 aliphatic heterocycles. The number of unbranched alkanes of at least 4 members (excludes halogenated alkanes) is 1. The number of hydrogen-bond acceptors (Lipinski definition) is 5. The second kappa shape index (κ2) is 11.5. The molecule has 0 saturated heterocycles. The Morgan fingerprint density at radius 3 is 1.97 bits per heavy atom. The minimum absolute atomic E-state index is 0.0339. The maximum Gasteiger partial charge on any atom is 0.305 e. The van der Waals surface area contributed by atoms with Gasteiger partial charge in [0.2, 0.25) is 14.2 Å². The van der Waals surface area contributed by atoms with Gasteiger partial charge in [-0.2, -0.15) is 0 Å². The van der Waals surface area contributed by atoms with Crippen LogP contribution in [0.2, 0.25) is 19.6 Å². The third-order valence-corrected chi connectivity index (χ3v) is 6.73. The summed E-state index contributed by atoms with van der Waals surface area (Å²) in [6, 6.07) is 16.5. The highest BCUT2D eigenvalue weighted by molar-refractivity contribution is 6.71. The van der Waals surface area contributed by atoms with Gasteiger partial charge in [0.05, 0.1) is 6.42 Å². The van der Waals surface area contributed by atoms with E-state index in [2.05, 4.69) is 24.3 Å². The lowest BCUT2D eigenvalue weighted by Gasteiger charge is -2.20. The van der Waals surface area contributed by atoms with Gasteiger partial charge in [-0.25, -0.2) is 0 Å². The van der Waals surface area contributed by atoms with Crippen molar-refractivity contribution in [1.82, 2.24) is 4.90 Å². The second-order valence-electron chi connectivity index (χ2n) is 9.77. The van der Waals surface area contributed by atoms with Gasteiger partial charge >= 0.3 is 5.97 Å². The van der Waals surface area contributed by atoms with E-state index in [-0.39, 0.29) is 36.6 Å². The van der Waals surface area contributed by atoms with Crippen molar-refractivity contribution in [2.45, 2.75) is 57.7 Å². The Morgan fingerprint density at radius 2 is 1.38 bits per heavy atom. The van der Waals surface area contributed by atoms with Gasteiger partial charge in [-0.05, 0) is 54.7 Å². The molecule has 0 aromatic heterocycles. The molecule has 6 nitrogen and oxygen atoms in total. The molecule has 0 saturated carbocycles. The predicted octanol–water partition coefficient (Wildman–Crippen LogP) is 5.13. The maximum absolute atomic E-state index is 12.3. The summed E-state index contributed by atoms with van der Waals surface area (Å²) in [5.41, 5.74) is 4.80. The summed E-state index contributed by atoms with van der Waals surface area (Å²) in [5.74, 6) is -0.474. The lowest BCUT2D eigenvalue weighted by molar-refractivity contribution is -0.144. The van der Waals surface area contributed by atoms with Gasteiger partial charge in [-0.3, -0.25) is 14.4 Å². The third kappa shape index (κ3) is 7.03. The minimum atomic E-state index is -1.90. The van der Waals surface area contributed by atoms with Crippen LogP contribution in [0.1, 0.15) is 49.1 Å². The summed E-state index contributed by atoms with van der Waals surface area (Å²) in [7, 11) is -0.213. The number of ether oxygens (including phenoxy) is 1. The normalized spacial score (nSPS) is 12.6. The van der Waals surface area contributed by atoms with Crippen molar-refractivity contribution in [3.8, 4) is 11.1 Å². The standard InChI is InChI=1S/C27H35NO5Si/c1-28(18-17-27(31)33-34(2,3)4)25(29)15-9-10-16-26(30)32-19-24-22-13-7-5-11-20(22)21-12-6-8-14-23(21)24/h5-8,11-14,24H,9-10,15-19H2,1-4H3. The Labute approximate surface area is 203 Å². The van der Waals surface area contributed by atoms with Crippen molar-refractivity contribution in [3.05, 3.63) is 59.7 Å². The van der Waals surface area contributed by atoms with Crippen molar-refractivity contribution >= 4 is 26.2 Å². The van der Waals surface area contributed by atoms with Crippen LogP contribution in [0.5, 0.6) is 0 Å². The smallest absolute Gasteiger partial charge is 0.305 e. The molecule has 0 spiro atoms. The van der Waals surface area contributed by atoms with Crippen molar-refractivity contribution < 1.29 is 23.5 Å². The predicted molar refractivity (Wildman–Crippen MR) is 135 cm³/mol. The Hall–Kier alpha value is -2.93. The summed E-state index contributed by atoms with van der Waals surface area (Å²) in [5, 5.41) is 0. The fourth-order valence-electron chi connectivity index (χ4n) is 4.20. The van der Waals surface area contributed by atoms with E-state index in [1.165, 1.54) is 22.3 Å². The molecule has 0 fully saturated rings. The SMILES string of the molecule is CN(CCC(=O)O[Si](C)(C)C)C(=O)CCCCC(=O)OCC1c2ccccc2-c2ccccc21. The molecule has 3 rings (SSSR count). The number of hydrogen-bond donors (Lipinski definition) is 0. The van der Waals surface area contributed by atoms with Gasteiger partial charge in [0.15, 0.2) is 0 Å². The molecule has 0 radical (unpaired) electrons. The molecular weight excluding hydrogens is 446 g/mol. The van der Waals surface area contributed by atoms with Crippen LogP contribution in [0.4, 0.5) is 0 Å². The molecule has 2 aromatic carbocycles. The zero-order valence-corrected chi connectivity index (χ0v) is 21.6. The number of esters is 1. The number of rotatable bonds is 11. The summed E-state index contributed by atoms with van der Waals surface area (Å²) < 4.78 is 11.0. The first-order valence-electron chi connectivity index (χ1n) is 12.0.